The van der Waals surface area contributed by atoms with Crippen LogP contribution in [0.25, 0.3) is 0 Å². The first-order valence-electron chi connectivity index (χ1n) is 8.87. The first-order chi connectivity index (χ1) is 13.2. The summed E-state index contributed by atoms with van der Waals surface area (Å²) >= 11 is 5.79. The Kier molecular flexibility index (Phi) is 6.20. The lowest BCUT2D eigenvalue weighted by molar-refractivity contribution is -0.385. The molecule has 1 amide bonds. The molecule has 0 N–H and O–H groups in total. The smallest absolute Gasteiger partial charge is 0.283 e. The number of benzene rings is 1. The molecular weight excluding hydrogens is 410 g/mol. The van der Waals surface area contributed by atoms with E-state index in [1.165, 1.54) is 25.6 Å². The second kappa shape index (κ2) is 8.29. The van der Waals surface area contributed by atoms with Gasteiger partial charge in [-0.25, -0.2) is 0 Å². The number of hydrogen-bond donors (Lipinski definition) is 0. The van der Waals surface area contributed by atoms with Gasteiger partial charge in [-0.1, -0.05) is 11.6 Å². The third kappa shape index (κ3) is 4.28. The molecule has 2 aliphatic heterocycles. The van der Waals surface area contributed by atoms with Crippen LogP contribution in [-0.2, 0) is 10.2 Å². The lowest BCUT2D eigenvalue weighted by atomic mass is 10.1. The molecule has 1 aromatic carbocycles. The minimum Gasteiger partial charge on any atom is -0.336 e. The van der Waals surface area contributed by atoms with Crippen molar-refractivity contribution in [2.45, 2.75) is 0 Å². The third-order valence-corrected chi connectivity index (χ3v) is 7.30. The highest BCUT2D eigenvalue weighted by Gasteiger charge is 2.35. The number of nitro groups is 1. The molecular formula is C16H22ClN5O5S. The van der Waals surface area contributed by atoms with Gasteiger partial charge in [-0.05, 0) is 19.2 Å². The van der Waals surface area contributed by atoms with Gasteiger partial charge in [0.15, 0.2) is 0 Å². The van der Waals surface area contributed by atoms with E-state index >= 15 is 0 Å². The van der Waals surface area contributed by atoms with E-state index in [4.69, 9.17) is 11.6 Å². The molecule has 0 unspecified atom stereocenters. The van der Waals surface area contributed by atoms with Gasteiger partial charge in [0.25, 0.3) is 21.8 Å². The van der Waals surface area contributed by atoms with Crippen molar-refractivity contribution in [1.82, 2.24) is 18.4 Å². The minimum atomic E-state index is -3.57. The van der Waals surface area contributed by atoms with E-state index in [2.05, 4.69) is 4.90 Å². The summed E-state index contributed by atoms with van der Waals surface area (Å²) in [6.07, 6.45) is 0. The van der Waals surface area contributed by atoms with E-state index in [1.54, 1.807) is 0 Å². The average Bonchev–Trinajstić information content (AvgIpc) is 2.68. The molecule has 12 heteroatoms. The Hall–Kier alpha value is -1.79. The van der Waals surface area contributed by atoms with Crippen molar-refractivity contribution in [2.75, 3.05) is 59.4 Å². The number of carbonyl (C=O) groups excluding carboxylic acids is 1. The van der Waals surface area contributed by atoms with Crippen molar-refractivity contribution in [2.24, 2.45) is 0 Å². The molecule has 28 heavy (non-hydrogen) atoms. The summed E-state index contributed by atoms with van der Waals surface area (Å²) in [5, 5.41) is 11.4. The van der Waals surface area contributed by atoms with Crippen molar-refractivity contribution in [3.63, 3.8) is 0 Å². The summed E-state index contributed by atoms with van der Waals surface area (Å²) in [6, 6.07) is 3.90. The molecule has 0 spiro atoms. The van der Waals surface area contributed by atoms with Crippen LogP contribution in [0.4, 0.5) is 5.69 Å². The number of carbonyl (C=O) groups is 1. The zero-order valence-corrected chi connectivity index (χ0v) is 17.0. The maximum absolute atomic E-state index is 12.8. The number of likely N-dealkylation sites (N-methyl/N-ethyl adjacent to an activating group) is 1. The first-order valence-corrected chi connectivity index (χ1v) is 10.6. The molecule has 0 saturated carbocycles. The van der Waals surface area contributed by atoms with Gasteiger partial charge in [-0.3, -0.25) is 14.9 Å². The Bertz CT molecular complexity index is 864. The van der Waals surface area contributed by atoms with Gasteiger partial charge in [-0.2, -0.15) is 17.0 Å². The van der Waals surface area contributed by atoms with Crippen molar-refractivity contribution < 1.29 is 18.1 Å². The molecule has 0 radical (unpaired) electrons. The Labute approximate surface area is 168 Å². The van der Waals surface area contributed by atoms with Crippen LogP contribution in [0.2, 0.25) is 5.02 Å². The van der Waals surface area contributed by atoms with Crippen LogP contribution in [0.15, 0.2) is 18.2 Å². The second-order valence-corrected chi connectivity index (χ2v) is 9.18. The average molecular weight is 432 g/mol. The van der Waals surface area contributed by atoms with E-state index in [-0.39, 0.29) is 42.5 Å². The molecule has 2 fully saturated rings. The molecule has 0 aliphatic carbocycles. The fourth-order valence-electron chi connectivity index (χ4n) is 3.31. The summed E-state index contributed by atoms with van der Waals surface area (Å²) in [5.41, 5.74) is -0.408. The molecule has 10 nitrogen and oxygen atoms in total. The van der Waals surface area contributed by atoms with Crippen LogP contribution in [-0.4, -0.2) is 97.1 Å². The van der Waals surface area contributed by atoms with Crippen molar-refractivity contribution in [3.8, 4) is 0 Å². The summed E-state index contributed by atoms with van der Waals surface area (Å²) in [5.74, 6) is -0.500. The van der Waals surface area contributed by atoms with E-state index in [1.807, 2.05) is 7.05 Å². The standard InChI is InChI=1S/C16H22ClN5O5S/c1-18-4-8-20(9-5-18)28(26,27)21-10-6-19(7-11-21)16(23)14-3-2-13(17)12-15(14)22(24)25/h2-3,12H,4-11H2,1H3. The molecule has 2 saturated heterocycles. The highest BCUT2D eigenvalue weighted by molar-refractivity contribution is 7.86. The molecule has 2 heterocycles. The van der Waals surface area contributed by atoms with Gasteiger partial charge in [0, 0.05) is 63.4 Å². The van der Waals surface area contributed by atoms with E-state index in [0.717, 1.165) is 6.07 Å². The zero-order chi connectivity index (χ0) is 20.5. The normalized spacial score (nSPS) is 20.3. The fraction of sp³-hybridized carbons (Fsp3) is 0.562. The third-order valence-electron chi connectivity index (χ3n) is 5.03. The molecule has 1 aromatic rings. The van der Waals surface area contributed by atoms with Crippen molar-refractivity contribution >= 4 is 33.4 Å². The largest absolute Gasteiger partial charge is 0.336 e. The summed E-state index contributed by atoms with van der Waals surface area (Å²) < 4.78 is 28.4. The van der Waals surface area contributed by atoms with Crippen LogP contribution < -0.4 is 0 Å². The Morgan fingerprint density at radius 2 is 1.57 bits per heavy atom. The lowest BCUT2D eigenvalue weighted by Gasteiger charge is -2.39. The number of rotatable bonds is 4. The molecule has 154 valence electrons. The van der Waals surface area contributed by atoms with Gasteiger partial charge >= 0.3 is 0 Å². The van der Waals surface area contributed by atoms with Crippen molar-refractivity contribution in [3.05, 3.63) is 38.9 Å². The van der Waals surface area contributed by atoms with Crippen LogP contribution in [0.1, 0.15) is 10.4 Å². The topological polar surface area (TPSA) is 107 Å². The Morgan fingerprint density at radius 1 is 1.04 bits per heavy atom. The molecule has 0 aromatic heterocycles. The van der Waals surface area contributed by atoms with Crippen LogP contribution >= 0.6 is 11.6 Å². The van der Waals surface area contributed by atoms with Crippen molar-refractivity contribution in [1.29, 1.82) is 0 Å². The number of nitro benzene ring substituents is 1. The number of halogens is 1. The van der Waals surface area contributed by atoms with Gasteiger partial charge in [0.2, 0.25) is 0 Å². The van der Waals surface area contributed by atoms with Gasteiger partial charge in [-0.15, -0.1) is 0 Å². The monoisotopic (exact) mass is 431 g/mol. The van der Waals surface area contributed by atoms with E-state index < -0.39 is 21.0 Å². The SMILES string of the molecule is CN1CCN(S(=O)(=O)N2CCN(C(=O)c3ccc(Cl)cc3[N+](=O)[O-])CC2)CC1. The number of piperazine rings is 2. The lowest BCUT2D eigenvalue weighted by Crippen LogP contribution is -2.57. The summed E-state index contributed by atoms with van der Waals surface area (Å²) in [7, 11) is -1.62. The maximum atomic E-state index is 12.8. The zero-order valence-electron chi connectivity index (χ0n) is 15.5. The van der Waals surface area contributed by atoms with E-state index in [0.29, 0.717) is 26.2 Å². The van der Waals surface area contributed by atoms with Gasteiger partial charge in [0.1, 0.15) is 5.56 Å². The van der Waals surface area contributed by atoms with Gasteiger partial charge < -0.3 is 9.80 Å². The maximum Gasteiger partial charge on any atom is 0.283 e. The van der Waals surface area contributed by atoms with Gasteiger partial charge in [0.05, 0.1) is 4.92 Å². The fourth-order valence-corrected chi connectivity index (χ4v) is 5.05. The molecule has 0 atom stereocenters. The molecule has 0 bridgehead atoms. The van der Waals surface area contributed by atoms with Crippen LogP contribution in [0, 0.1) is 10.1 Å². The number of amides is 1. The Morgan fingerprint density at radius 3 is 2.11 bits per heavy atom. The highest BCUT2D eigenvalue weighted by atomic mass is 35.5. The highest BCUT2D eigenvalue weighted by Crippen LogP contribution is 2.25. The van der Waals surface area contributed by atoms with E-state index in [9.17, 15) is 23.3 Å². The summed E-state index contributed by atoms with van der Waals surface area (Å²) in [4.78, 5) is 26.8. The quantitative estimate of drug-likeness (QED) is 0.507. The number of hydrogen-bond acceptors (Lipinski definition) is 6. The molecule has 3 rings (SSSR count). The van der Waals surface area contributed by atoms with Crippen LogP contribution in [0.3, 0.4) is 0 Å². The number of nitrogens with zero attached hydrogens (tertiary/aromatic N) is 5. The minimum absolute atomic E-state index is 0.0511. The predicted molar refractivity (Wildman–Crippen MR) is 104 cm³/mol. The summed E-state index contributed by atoms with van der Waals surface area (Å²) in [6.45, 7) is 2.89. The predicted octanol–water partition coefficient (Wildman–Crippen LogP) is 0.498. The Balaban J connectivity index is 1.67. The first kappa shape index (κ1) is 20.9. The van der Waals surface area contributed by atoms with Crippen LogP contribution in [0.5, 0.6) is 0 Å². The second-order valence-electron chi connectivity index (χ2n) is 6.82. The molecule has 2 aliphatic rings.